The first-order chi connectivity index (χ1) is 13.9. The first-order valence-electron chi connectivity index (χ1n) is 9.28. The largest absolute Gasteiger partial charge is 0.458 e. The van der Waals surface area contributed by atoms with Crippen LogP contribution in [0, 0.1) is 10.1 Å². The standard InChI is InChI=1S/C20H22N4O4S/c1-4-23(5-2)19(25)17-12(3)21-20(29)22-18(17)16-11-10-15(28-16)13-8-6-7-9-14(13)24(26)27/h6-11,18H,4-5H2,1-3H3,(H2,21,22,29)/t18-/m1/s1. The summed E-state index contributed by atoms with van der Waals surface area (Å²) in [6.07, 6.45) is 0. The molecule has 1 aliphatic heterocycles. The zero-order valence-corrected chi connectivity index (χ0v) is 17.2. The van der Waals surface area contributed by atoms with Crippen molar-refractivity contribution in [3.63, 3.8) is 0 Å². The number of furan rings is 1. The van der Waals surface area contributed by atoms with Crippen LogP contribution in [0.4, 0.5) is 5.69 Å². The second kappa shape index (κ2) is 8.44. The van der Waals surface area contributed by atoms with Gasteiger partial charge in [-0.2, -0.15) is 0 Å². The summed E-state index contributed by atoms with van der Waals surface area (Å²) in [7, 11) is 0. The van der Waals surface area contributed by atoms with E-state index in [2.05, 4.69) is 10.6 Å². The number of nitro groups is 1. The summed E-state index contributed by atoms with van der Waals surface area (Å²) in [5.41, 5.74) is 1.48. The van der Waals surface area contributed by atoms with Crippen molar-refractivity contribution in [1.82, 2.24) is 15.5 Å². The molecule has 1 amide bonds. The van der Waals surface area contributed by atoms with Crippen molar-refractivity contribution in [2.75, 3.05) is 13.1 Å². The van der Waals surface area contributed by atoms with Gasteiger partial charge in [0.15, 0.2) is 5.11 Å². The lowest BCUT2D eigenvalue weighted by atomic mass is 9.99. The molecule has 0 radical (unpaired) electrons. The van der Waals surface area contributed by atoms with Gasteiger partial charge in [0.25, 0.3) is 11.6 Å². The van der Waals surface area contributed by atoms with Crippen molar-refractivity contribution in [3.8, 4) is 11.3 Å². The maximum Gasteiger partial charge on any atom is 0.280 e. The Labute approximate surface area is 173 Å². The molecule has 0 saturated heterocycles. The molecule has 3 rings (SSSR count). The molecule has 0 bridgehead atoms. The minimum atomic E-state index is -0.589. The fourth-order valence-electron chi connectivity index (χ4n) is 3.37. The number of nitro benzene ring substituents is 1. The maximum atomic E-state index is 13.1. The number of nitrogens with one attached hydrogen (secondary N) is 2. The Morgan fingerprint density at radius 3 is 2.59 bits per heavy atom. The van der Waals surface area contributed by atoms with Crippen molar-refractivity contribution in [3.05, 3.63) is 63.5 Å². The van der Waals surface area contributed by atoms with E-state index in [0.717, 1.165) is 0 Å². The second-order valence-electron chi connectivity index (χ2n) is 6.52. The molecule has 152 valence electrons. The number of para-hydroxylation sites is 1. The molecule has 29 heavy (non-hydrogen) atoms. The molecule has 1 atom stereocenters. The minimum absolute atomic E-state index is 0.0478. The first-order valence-corrected chi connectivity index (χ1v) is 9.69. The molecule has 0 spiro atoms. The lowest BCUT2D eigenvalue weighted by molar-refractivity contribution is -0.384. The Morgan fingerprint density at radius 2 is 1.93 bits per heavy atom. The second-order valence-corrected chi connectivity index (χ2v) is 6.93. The van der Waals surface area contributed by atoms with Crippen molar-refractivity contribution in [2.45, 2.75) is 26.8 Å². The minimum Gasteiger partial charge on any atom is -0.458 e. The highest BCUT2D eigenvalue weighted by atomic mass is 32.1. The van der Waals surface area contributed by atoms with E-state index in [9.17, 15) is 14.9 Å². The number of benzene rings is 1. The predicted molar refractivity (Wildman–Crippen MR) is 113 cm³/mol. The van der Waals surface area contributed by atoms with E-state index in [1.807, 2.05) is 13.8 Å². The molecule has 2 N–H and O–H groups in total. The quantitative estimate of drug-likeness (QED) is 0.424. The zero-order valence-electron chi connectivity index (χ0n) is 16.4. The van der Waals surface area contributed by atoms with Gasteiger partial charge in [0, 0.05) is 24.9 Å². The average molecular weight is 414 g/mol. The number of rotatable bonds is 6. The van der Waals surface area contributed by atoms with Gasteiger partial charge in [-0.05, 0) is 51.2 Å². The SMILES string of the molecule is CCN(CC)C(=O)C1=C(C)NC(=S)N[C@@H]1c1ccc(-c2ccccc2[N+](=O)[O-])o1. The molecule has 0 fully saturated rings. The first kappa shape index (κ1) is 20.5. The normalized spacial score (nSPS) is 16.2. The molecule has 0 unspecified atom stereocenters. The molecular weight excluding hydrogens is 392 g/mol. The molecule has 0 aliphatic carbocycles. The number of carbonyl (C=O) groups excluding carboxylic acids is 1. The van der Waals surface area contributed by atoms with E-state index in [1.165, 1.54) is 6.07 Å². The number of carbonyl (C=O) groups is 1. The molecule has 1 aromatic carbocycles. The van der Waals surface area contributed by atoms with Crippen LogP contribution in [-0.2, 0) is 4.79 Å². The van der Waals surface area contributed by atoms with Gasteiger partial charge in [-0.3, -0.25) is 14.9 Å². The zero-order chi connectivity index (χ0) is 21.1. The molecule has 1 aromatic heterocycles. The van der Waals surface area contributed by atoms with Crippen molar-refractivity contribution in [2.24, 2.45) is 0 Å². The molecule has 1 aliphatic rings. The Bertz CT molecular complexity index is 994. The number of nitrogens with zero attached hydrogens (tertiary/aromatic N) is 2. The monoisotopic (exact) mass is 414 g/mol. The van der Waals surface area contributed by atoms with Crippen molar-refractivity contribution in [1.29, 1.82) is 0 Å². The number of hydrogen-bond acceptors (Lipinski definition) is 5. The highest BCUT2D eigenvalue weighted by Gasteiger charge is 2.34. The van der Waals surface area contributed by atoms with E-state index in [4.69, 9.17) is 16.6 Å². The van der Waals surface area contributed by atoms with Crippen LogP contribution in [0.15, 0.2) is 52.1 Å². The smallest absolute Gasteiger partial charge is 0.280 e. The summed E-state index contributed by atoms with van der Waals surface area (Å²) in [6, 6.07) is 9.15. The average Bonchev–Trinajstić information content (AvgIpc) is 3.18. The summed E-state index contributed by atoms with van der Waals surface area (Å²) in [6.45, 7) is 6.77. The van der Waals surface area contributed by atoms with E-state index < -0.39 is 11.0 Å². The molecular formula is C20H22N4O4S. The lowest BCUT2D eigenvalue weighted by Gasteiger charge is -2.31. The highest BCUT2D eigenvalue weighted by Crippen LogP contribution is 2.35. The molecule has 0 saturated carbocycles. The van der Waals surface area contributed by atoms with Gasteiger partial charge in [0.1, 0.15) is 17.6 Å². The summed E-state index contributed by atoms with van der Waals surface area (Å²) in [5.74, 6) is 0.686. The van der Waals surface area contributed by atoms with E-state index in [-0.39, 0.29) is 11.6 Å². The van der Waals surface area contributed by atoms with Gasteiger partial charge in [-0.1, -0.05) is 12.1 Å². The Hall–Kier alpha value is -3.20. The van der Waals surface area contributed by atoms with Crippen molar-refractivity contribution < 1.29 is 14.1 Å². The third kappa shape index (κ3) is 4.00. The number of thiocarbonyl (C=S) groups is 1. The summed E-state index contributed by atoms with van der Waals surface area (Å²) >= 11 is 5.26. The topological polar surface area (TPSA) is 101 Å². The third-order valence-electron chi connectivity index (χ3n) is 4.83. The Balaban J connectivity index is 2.03. The number of allylic oxidation sites excluding steroid dienone is 1. The van der Waals surface area contributed by atoms with Gasteiger partial charge in [0.2, 0.25) is 0 Å². The summed E-state index contributed by atoms with van der Waals surface area (Å²) in [5, 5.41) is 17.8. The van der Waals surface area contributed by atoms with Crippen LogP contribution >= 0.6 is 12.2 Å². The predicted octanol–water partition coefficient (Wildman–Crippen LogP) is 3.52. The summed E-state index contributed by atoms with van der Waals surface area (Å²) in [4.78, 5) is 25.7. The highest BCUT2D eigenvalue weighted by molar-refractivity contribution is 7.80. The molecule has 2 aromatic rings. The van der Waals surface area contributed by atoms with Gasteiger partial charge in [-0.15, -0.1) is 0 Å². The van der Waals surface area contributed by atoms with Gasteiger partial charge in [0.05, 0.1) is 16.1 Å². The van der Waals surface area contributed by atoms with Crippen LogP contribution < -0.4 is 10.6 Å². The van der Waals surface area contributed by atoms with E-state index in [0.29, 0.717) is 46.6 Å². The van der Waals surface area contributed by atoms with Crippen LogP contribution in [0.25, 0.3) is 11.3 Å². The van der Waals surface area contributed by atoms with Crippen LogP contribution in [-0.4, -0.2) is 33.9 Å². The fraction of sp³-hybridized carbons (Fsp3) is 0.300. The van der Waals surface area contributed by atoms with Gasteiger partial charge in [-0.25, -0.2) is 0 Å². The van der Waals surface area contributed by atoms with Gasteiger partial charge < -0.3 is 20.0 Å². The Kier molecular flexibility index (Phi) is 5.97. The van der Waals surface area contributed by atoms with Crippen LogP contribution in [0.3, 0.4) is 0 Å². The molecule has 2 heterocycles. The lowest BCUT2D eigenvalue weighted by Crippen LogP contribution is -2.47. The number of hydrogen-bond donors (Lipinski definition) is 2. The van der Waals surface area contributed by atoms with E-state index >= 15 is 0 Å². The fourth-order valence-corrected chi connectivity index (χ4v) is 3.64. The van der Waals surface area contributed by atoms with Gasteiger partial charge >= 0.3 is 0 Å². The maximum absolute atomic E-state index is 13.1. The molecule has 9 heteroatoms. The van der Waals surface area contributed by atoms with Crippen LogP contribution in [0.5, 0.6) is 0 Å². The van der Waals surface area contributed by atoms with Crippen molar-refractivity contribution >= 4 is 28.9 Å². The van der Waals surface area contributed by atoms with Crippen LogP contribution in [0.1, 0.15) is 32.6 Å². The molecule has 8 nitrogen and oxygen atoms in total. The third-order valence-corrected chi connectivity index (χ3v) is 5.05. The van der Waals surface area contributed by atoms with E-state index in [1.54, 1.807) is 42.2 Å². The van der Waals surface area contributed by atoms with Crippen LogP contribution in [0.2, 0.25) is 0 Å². The Morgan fingerprint density at radius 1 is 1.24 bits per heavy atom. The number of amides is 1. The summed E-state index contributed by atoms with van der Waals surface area (Å²) < 4.78 is 5.96. The number of likely N-dealkylation sites (N-methyl/N-ethyl adjacent to an activating group) is 1.